The fraction of sp³-hybridized carbons (Fsp3) is 0.676. The molecule has 0 heterocycles. The van der Waals surface area contributed by atoms with Gasteiger partial charge in [-0.1, -0.05) is 113 Å². The quantitative estimate of drug-likeness (QED) is 0.0433. The van der Waals surface area contributed by atoms with Crippen molar-refractivity contribution < 1.29 is 28.0 Å². The van der Waals surface area contributed by atoms with Gasteiger partial charge in [0.1, 0.15) is 6.10 Å². The van der Waals surface area contributed by atoms with E-state index in [1.54, 1.807) is 6.08 Å². The smallest absolute Gasteiger partial charge is 0.267 e. The highest BCUT2D eigenvalue weighted by molar-refractivity contribution is 7.85. The number of rotatable bonds is 27. The van der Waals surface area contributed by atoms with E-state index in [1.165, 1.54) is 31.8 Å². The van der Waals surface area contributed by atoms with Crippen LogP contribution < -0.4 is 5.32 Å². The first-order valence-electron chi connectivity index (χ1n) is 16.1. The van der Waals surface area contributed by atoms with Gasteiger partial charge in [0.15, 0.2) is 0 Å². The molecule has 3 atom stereocenters. The topological polar surface area (TPSA) is 124 Å². The van der Waals surface area contributed by atoms with Gasteiger partial charge in [0, 0.05) is 0 Å². The number of nitrogens with one attached hydrogen (secondary N) is 1. The van der Waals surface area contributed by atoms with E-state index in [0.717, 1.165) is 64.2 Å². The van der Waals surface area contributed by atoms with E-state index >= 15 is 0 Å². The number of carbonyl (C=O) groups is 1. The van der Waals surface area contributed by atoms with Crippen LogP contribution in [0, 0.1) is 0 Å². The summed E-state index contributed by atoms with van der Waals surface area (Å²) >= 11 is 0. The van der Waals surface area contributed by atoms with Gasteiger partial charge in [-0.15, -0.1) is 0 Å². The van der Waals surface area contributed by atoms with Crippen LogP contribution >= 0.6 is 0 Å². The van der Waals surface area contributed by atoms with Gasteiger partial charge < -0.3 is 15.5 Å². The molecule has 0 saturated carbocycles. The zero-order valence-corrected chi connectivity index (χ0v) is 27.0. The van der Waals surface area contributed by atoms with Crippen molar-refractivity contribution in [3.8, 4) is 0 Å². The third-order valence-electron chi connectivity index (χ3n) is 6.85. The molecule has 0 aromatic heterocycles. The second-order valence-electron chi connectivity index (χ2n) is 10.9. The van der Waals surface area contributed by atoms with Gasteiger partial charge in [0.25, 0.3) is 10.1 Å². The van der Waals surface area contributed by atoms with Gasteiger partial charge in [-0.3, -0.25) is 9.35 Å². The van der Waals surface area contributed by atoms with Crippen molar-refractivity contribution in [2.45, 2.75) is 141 Å². The van der Waals surface area contributed by atoms with Crippen molar-refractivity contribution in [3.63, 3.8) is 0 Å². The summed E-state index contributed by atoms with van der Waals surface area (Å²) in [6, 6.07) is -1.26. The maximum absolute atomic E-state index is 12.5. The van der Waals surface area contributed by atoms with Crippen molar-refractivity contribution in [2.24, 2.45) is 0 Å². The molecular formula is C34H59NO6S. The number of aliphatic hydroxyl groups excluding tert-OH is 2. The molecule has 0 bridgehead atoms. The molecule has 0 saturated heterocycles. The maximum Gasteiger partial charge on any atom is 0.267 e. The number of amides is 1. The maximum atomic E-state index is 12.5. The van der Waals surface area contributed by atoms with Crippen LogP contribution in [-0.4, -0.2) is 53.1 Å². The summed E-state index contributed by atoms with van der Waals surface area (Å²) in [5, 5.41) is 23.1. The van der Waals surface area contributed by atoms with Crippen LogP contribution in [0.2, 0.25) is 0 Å². The first kappa shape index (κ1) is 40.0. The van der Waals surface area contributed by atoms with E-state index in [9.17, 15) is 28.0 Å². The minimum Gasteiger partial charge on any atom is -0.387 e. The lowest BCUT2D eigenvalue weighted by Gasteiger charge is -2.22. The Morgan fingerprint density at radius 1 is 0.714 bits per heavy atom. The van der Waals surface area contributed by atoms with Crippen molar-refractivity contribution in [1.29, 1.82) is 0 Å². The lowest BCUT2D eigenvalue weighted by molar-refractivity contribution is -0.130. The molecule has 1 amide bonds. The highest BCUT2D eigenvalue weighted by Crippen LogP contribution is 2.11. The predicted molar refractivity (Wildman–Crippen MR) is 176 cm³/mol. The van der Waals surface area contributed by atoms with Gasteiger partial charge in [-0.25, -0.2) is 0 Å². The van der Waals surface area contributed by atoms with Gasteiger partial charge in [0.05, 0.1) is 17.9 Å². The lowest BCUT2D eigenvalue weighted by Crippen LogP contribution is -2.50. The van der Waals surface area contributed by atoms with E-state index in [1.807, 2.05) is 19.1 Å². The number of allylic oxidation sites excluding steroid dienone is 9. The molecule has 0 fully saturated rings. The third kappa shape index (κ3) is 26.9. The summed E-state index contributed by atoms with van der Waals surface area (Å²) in [6.45, 7) is 4.20. The zero-order chi connectivity index (χ0) is 31.3. The monoisotopic (exact) mass is 609 g/mol. The molecule has 7 nitrogen and oxygen atoms in total. The molecule has 0 spiro atoms. The highest BCUT2D eigenvalue weighted by Gasteiger charge is 2.27. The molecule has 8 heteroatoms. The summed E-state index contributed by atoms with van der Waals surface area (Å²) < 4.78 is 32.2. The van der Waals surface area contributed by atoms with Crippen LogP contribution in [0.5, 0.6) is 0 Å². The summed E-state index contributed by atoms with van der Waals surface area (Å²) in [5.74, 6) is -1.59. The van der Waals surface area contributed by atoms with Gasteiger partial charge in [-0.05, 0) is 71.1 Å². The zero-order valence-electron chi connectivity index (χ0n) is 26.2. The molecule has 0 radical (unpaired) electrons. The second-order valence-corrected chi connectivity index (χ2v) is 12.4. The number of hydrogen-bond acceptors (Lipinski definition) is 5. The molecule has 0 aliphatic rings. The van der Waals surface area contributed by atoms with Crippen molar-refractivity contribution in [2.75, 3.05) is 5.75 Å². The molecule has 42 heavy (non-hydrogen) atoms. The lowest BCUT2D eigenvalue weighted by atomic mass is 10.0. The molecule has 0 rings (SSSR count). The molecule has 0 aliphatic heterocycles. The minimum absolute atomic E-state index is 0.255. The Hall–Kier alpha value is -2.00. The van der Waals surface area contributed by atoms with Gasteiger partial charge >= 0.3 is 0 Å². The largest absolute Gasteiger partial charge is 0.387 e. The first-order valence-corrected chi connectivity index (χ1v) is 17.7. The molecular weight excluding hydrogens is 550 g/mol. The van der Waals surface area contributed by atoms with E-state index < -0.39 is 40.0 Å². The van der Waals surface area contributed by atoms with Crippen molar-refractivity contribution in [3.05, 3.63) is 60.8 Å². The fourth-order valence-corrected chi connectivity index (χ4v) is 5.08. The normalized spacial score (nSPS) is 15.1. The number of unbranched alkanes of at least 4 members (excludes halogenated alkanes) is 11. The SMILES string of the molecule is C/C=C/CC/C=C/CC/C=C/C(O)C(CS(=O)(=O)O)NC(=O)C(O)CCCCCCCC/C=C\C/C=C\CCCCC. The average molecular weight is 610 g/mol. The van der Waals surface area contributed by atoms with E-state index in [0.29, 0.717) is 12.8 Å². The Kier molecular flexibility index (Phi) is 26.5. The Labute approximate surface area is 256 Å². The van der Waals surface area contributed by atoms with E-state index in [4.69, 9.17) is 0 Å². The van der Waals surface area contributed by atoms with Crippen LogP contribution in [-0.2, 0) is 14.9 Å². The Balaban J connectivity index is 4.22. The van der Waals surface area contributed by atoms with E-state index in [-0.39, 0.29) is 6.42 Å². The highest BCUT2D eigenvalue weighted by atomic mass is 32.2. The number of hydrogen-bond donors (Lipinski definition) is 4. The summed E-state index contributed by atoms with van der Waals surface area (Å²) in [6.07, 6.45) is 34.4. The standard InChI is InChI=1S/C34H59NO6S/c1-3-5-7-9-11-13-14-15-16-17-18-19-21-23-25-27-29-33(37)34(38)35-31(30-42(39,40)41)32(36)28-26-24-22-20-12-10-8-6-4-2/h4,6,11-13,15-16,20,26,28,31-33,36-37H,3,5,7-10,14,17-19,21-25,27,29-30H2,1-2H3,(H,35,38)(H,39,40,41)/b6-4+,13-11-,16-15-,20-12+,28-26+. The Bertz CT molecular complexity index is 907. The van der Waals surface area contributed by atoms with E-state index in [2.05, 4.69) is 48.7 Å². The average Bonchev–Trinajstić information content (AvgIpc) is 2.94. The molecule has 0 aromatic carbocycles. The second kappa shape index (κ2) is 27.8. The van der Waals surface area contributed by atoms with Crippen LogP contribution in [0.25, 0.3) is 0 Å². The third-order valence-corrected chi connectivity index (χ3v) is 7.63. The summed E-state index contributed by atoms with van der Waals surface area (Å²) in [5.41, 5.74) is 0. The molecule has 3 unspecified atom stereocenters. The van der Waals surface area contributed by atoms with Crippen LogP contribution in [0.4, 0.5) is 0 Å². The predicted octanol–water partition coefficient (Wildman–Crippen LogP) is 7.53. The first-order chi connectivity index (χ1) is 20.2. The molecule has 0 aromatic rings. The van der Waals surface area contributed by atoms with Gasteiger partial charge in [-0.2, -0.15) is 8.42 Å². The summed E-state index contributed by atoms with van der Waals surface area (Å²) in [4.78, 5) is 12.5. The van der Waals surface area contributed by atoms with Crippen molar-refractivity contribution >= 4 is 16.0 Å². The fourth-order valence-electron chi connectivity index (χ4n) is 4.35. The summed E-state index contributed by atoms with van der Waals surface area (Å²) in [7, 11) is -4.45. The Morgan fingerprint density at radius 2 is 1.24 bits per heavy atom. The van der Waals surface area contributed by atoms with Crippen LogP contribution in [0.15, 0.2) is 60.8 Å². The molecule has 242 valence electrons. The van der Waals surface area contributed by atoms with Crippen LogP contribution in [0.1, 0.15) is 123 Å². The number of aliphatic hydroxyl groups is 2. The van der Waals surface area contributed by atoms with Crippen LogP contribution in [0.3, 0.4) is 0 Å². The molecule has 4 N–H and O–H groups in total. The van der Waals surface area contributed by atoms with Crippen molar-refractivity contribution in [1.82, 2.24) is 5.32 Å². The Morgan fingerprint density at radius 3 is 1.83 bits per heavy atom. The minimum atomic E-state index is -4.45. The van der Waals surface area contributed by atoms with Gasteiger partial charge in [0.2, 0.25) is 5.91 Å². The number of carbonyl (C=O) groups excluding carboxylic acids is 1. The molecule has 0 aliphatic carbocycles.